The Labute approximate surface area is 111 Å². The van der Waals surface area contributed by atoms with Gasteiger partial charge in [-0.25, -0.2) is 0 Å². The third kappa shape index (κ3) is 3.67. The predicted molar refractivity (Wildman–Crippen MR) is 72.9 cm³/mol. The Balaban J connectivity index is 1.91. The van der Waals surface area contributed by atoms with E-state index in [-0.39, 0.29) is 0 Å². The topological polar surface area (TPSA) is 33.7 Å². The van der Waals surface area contributed by atoms with Gasteiger partial charge in [0.15, 0.2) is 0 Å². The summed E-state index contributed by atoms with van der Waals surface area (Å²) in [4.78, 5) is 2.57. The van der Waals surface area contributed by atoms with E-state index in [1.54, 1.807) is 0 Å². The minimum absolute atomic E-state index is 0.308. The van der Waals surface area contributed by atoms with E-state index in [1.807, 2.05) is 7.05 Å². The first-order valence-electron chi connectivity index (χ1n) is 7.34. The summed E-state index contributed by atoms with van der Waals surface area (Å²) in [5.41, 5.74) is 0.308. The normalized spacial score (nSPS) is 34.7. The molecule has 2 aliphatic rings. The minimum Gasteiger partial charge on any atom is -0.381 e. The molecule has 0 bridgehead atoms. The van der Waals surface area contributed by atoms with Gasteiger partial charge in [0.05, 0.1) is 19.3 Å². The molecule has 4 nitrogen and oxygen atoms in total. The second-order valence-corrected chi connectivity index (χ2v) is 5.82. The molecule has 0 aromatic carbocycles. The number of rotatable bonds is 5. The molecule has 2 rings (SSSR count). The molecule has 0 radical (unpaired) electrons. The average molecular weight is 256 g/mol. The van der Waals surface area contributed by atoms with Gasteiger partial charge in [0.25, 0.3) is 0 Å². The molecular formula is C14H28N2O2. The molecule has 0 aromatic rings. The van der Waals surface area contributed by atoms with Gasteiger partial charge in [0.2, 0.25) is 0 Å². The van der Waals surface area contributed by atoms with Crippen LogP contribution in [0.2, 0.25) is 0 Å². The van der Waals surface area contributed by atoms with Gasteiger partial charge in [0.1, 0.15) is 0 Å². The molecule has 2 fully saturated rings. The van der Waals surface area contributed by atoms with Crippen molar-refractivity contribution in [1.29, 1.82) is 0 Å². The Morgan fingerprint density at radius 2 is 2.28 bits per heavy atom. The van der Waals surface area contributed by atoms with Crippen LogP contribution < -0.4 is 5.32 Å². The van der Waals surface area contributed by atoms with Crippen molar-refractivity contribution < 1.29 is 9.47 Å². The molecule has 18 heavy (non-hydrogen) atoms. The van der Waals surface area contributed by atoms with Crippen LogP contribution in [0.1, 0.15) is 26.2 Å². The SMILES string of the molecule is CCC1CN(CC2(CNC)CCCOC2)CCO1. The van der Waals surface area contributed by atoms with E-state index in [0.29, 0.717) is 11.5 Å². The van der Waals surface area contributed by atoms with Crippen LogP contribution in [0.5, 0.6) is 0 Å². The van der Waals surface area contributed by atoms with Crippen LogP contribution in [0, 0.1) is 5.41 Å². The van der Waals surface area contributed by atoms with Crippen molar-refractivity contribution in [2.75, 3.05) is 53.0 Å². The molecule has 2 atom stereocenters. The van der Waals surface area contributed by atoms with Crippen molar-refractivity contribution in [1.82, 2.24) is 10.2 Å². The molecule has 2 saturated heterocycles. The molecule has 4 heteroatoms. The summed E-state index contributed by atoms with van der Waals surface area (Å²) in [6.07, 6.45) is 4.02. The zero-order chi connectivity index (χ0) is 12.8. The quantitative estimate of drug-likeness (QED) is 0.799. The van der Waals surface area contributed by atoms with E-state index in [0.717, 1.165) is 52.4 Å². The summed E-state index contributed by atoms with van der Waals surface area (Å²) in [6, 6.07) is 0. The maximum atomic E-state index is 5.75. The molecule has 2 aliphatic heterocycles. The highest BCUT2D eigenvalue weighted by Crippen LogP contribution is 2.29. The van der Waals surface area contributed by atoms with Crippen LogP contribution in [-0.4, -0.2) is 64.1 Å². The van der Waals surface area contributed by atoms with E-state index in [4.69, 9.17) is 9.47 Å². The minimum atomic E-state index is 0.308. The van der Waals surface area contributed by atoms with E-state index in [9.17, 15) is 0 Å². The molecule has 0 saturated carbocycles. The lowest BCUT2D eigenvalue weighted by Crippen LogP contribution is -2.52. The van der Waals surface area contributed by atoms with Crippen molar-refractivity contribution in [2.24, 2.45) is 5.41 Å². The highest BCUT2D eigenvalue weighted by Gasteiger charge is 2.35. The summed E-state index contributed by atoms with van der Waals surface area (Å²) < 4.78 is 11.5. The Morgan fingerprint density at radius 1 is 1.39 bits per heavy atom. The van der Waals surface area contributed by atoms with Crippen LogP contribution in [0.3, 0.4) is 0 Å². The van der Waals surface area contributed by atoms with Gasteiger partial charge in [-0.3, -0.25) is 4.90 Å². The maximum absolute atomic E-state index is 5.75. The van der Waals surface area contributed by atoms with Gasteiger partial charge >= 0.3 is 0 Å². The highest BCUT2D eigenvalue weighted by molar-refractivity contribution is 4.88. The first kappa shape index (κ1) is 14.3. The Hall–Kier alpha value is -0.160. The van der Waals surface area contributed by atoms with Crippen molar-refractivity contribution >= 4 is 0 Å². The van der Waals surface area contributed by atoms with Gasteiger partial charge in [-0.15, -0.1) is 0 Å². The van der Waals surface area contributed by atoms with Crippen LogP contribution in [0.15, 0.2) is 0 Å². The third-order valence-electron chi connectivity index (χ3n) is 4.19. The highest BCUT2D eigenvalue weighted by atomic mass is 16.5. The van der Waals surface area contributed by atoms with Crippen LogP contribution >= 0.6 is 0 Å². The molecule has 106 valence electrons. The zero-order valence-corrected chi connectivity index (χ0v) is 11.9. The first-order chi connectivity index (χ1) is 8.78. The van der Waals surface area contributed by atoms with Crippen molar-refractivity contribution in [2.45, 2.75) is 32.3 Å². The van der Waals surface area contributed by atoms with Crippen molar-refractivity contribution in [3.05, 3.63) is 0 Å². The number of nitrogens with one attached hydrogen (secondary N) is 1. The van der Waals surface area contributed by atoms with Crippen LogP contribution in [0.25, 0.3) is 0 Å². The third-order valence-corrected chi connectivity index (χ3v) is 4.19. The smallest absolute Gasteiger partial charge is 0.0700 e. The summed E-state index contributed by atoms with van der Waals surface area (Å²) >= 11 is 0. The van der Waals surface area contributed by atoms with Crippen molar-refractivity contribution in [3.63, 3.8) is 0 Å². The second kappa shape index (κ2) is 6.85. The van der Waals surface area contributed by atoms with E-state index < -0.39 is 0 Å². The molecule has 2 heterocycles. The maximum Gasteiger partial charge on any atom is 0.0700 e. The van der Waals surface area contributed by atoms with Crippen LogP contribution in [0.4, 0.5) is 0 Å². The Morgan fingerprint density at radius 3 is 2.94 bits per heavy atom. The van der Waals surface area contributed by atoms with Crippen LogP contribution in [-0.2, 0) is 9.47 Å². The fourth-order valence-corrected chi connectivity index (χ4v) is 3.25. The van der Waals surface area contributed by atoms with Gasteiger partial charge in [-0.05, 0) is 26.3 Å². The van der Waals surface area contributed by atoms with Gasteiger partial charge < -0.3 is 14.8 Å². The number of hydrogen-bond acceptors (Lipinski definition) is 4. The van der Waals surface area contributed by atoms with Gasteiger partial charge in [-0.2, -0.15) is 0 Å². The fraction of sp³-hybridized carbons (Fsp3) is 1.00. The lowest BCUT2D eigenvalue weighted by molar-refractivity contribution is -0.0689. The molecule has 0 amide bonds. The number of morpholine rings is 1. The van der Waals surface area contributed by atoms with Crippen molar-refractivity contribution in [3.8, 4) is 0 Å². The summed E-state index contributed by atoms with van der Waals surface area (Å²) in [5, 5.41) is 3.36. The molecule has 0 spiro atoms. The Kier molecular flexibility index (Phi) is 5.42. The fourth-order valence-electron chi connectivity index (χ4n) is 3.25. The largest absolute Gasteiger partial charge is 0.381 e. The summed E-state index contributed by atoms with van der Waals surface area (Å²) in [6.45, 7) is 9.29. The van der Waals surface area contributed by atoms with Gasteiger partial charge in [0, 0.05) is 38.2 Å². The lowest BCUT2D eigenvalue weighted by atomic mass is 9.81. The zero-order valence-electron chi connectivity index (χ0n) is 11.9. The van der Waals surface area contributed by atoms with Gasteiger partial charge in [-0.1, -0.05) is 6.92 Å². The van der Waals surface area contributed by atoms with E-state index >= 15 is 0 Å². The lowest BCUT2D eigenvalue weighted by Gasteiger charge is -2.43. The summed E-state index contributed by atoms with van der Waals surface area (Å²) in [5.74, 6) is 0. The monoisotopic (exact) mass is 256 g/mol. The first-order valence-corrected chi connectivity index (χ1v) is 7.34. The molecular weight excluding hydrogens is 228 g/mol. The molecule has 0 aromatic heterocycles. The number of hydrogen-bond donors (Lipinski definition) is 1. The number of ether oxygens (including phenoxy) is 2. The van der Waals surface area contributed by atoms with E-state index in [2.05, 4.69) is 17.1 Å². The standard InChI is InChI=1S/C14H28N2O2/c1-3-13-9-16(6-8-18-13)11-14(10-15-2)5-4-7-17-12-14/h13,15H,3-12H2,1-2H3. The van der Waals surface area contributed by atoms with E-state index in [1.165, 1.54) is 12.8 Å². The average Bonchev–Trinajstić information content (AvgIpc) is 2.40. The molecule has 2 unspecified atom stereocenters. The molecule has 1 N–H and O–H groups in total. The predicted octanol–water partition coefficient (Wildman–Crippen LogP) is 1.11. The Bertz CT molecular complexity index is 236. The number of nitrogens with zero attached hydrogens (tertiary/aromatic N) is 1. The molecule has 0 aliphatic carbocycles. The summed E-state index contributed by atoms with van der Waals surface area (Å²) in [7, 11) is 2.05. The second-order valence-electron chi connectivity index (χ2n) is 5.82.